The van der Waals surface area contributed by atoms with Crippen LogP contribution in [0.4, 0.5) is 4.39 Å². The van der Waals surface area contributed by atoms with Gasteiger partial charge >= 0.3 is 5.97 Å². The number of allylic oxidation sites excluding steroid dienone is 1. The molecule has 2 unspecified atom stereocenters. The molecule has 0 N–H and O–H groups in total. The van der Waals surface area contributed by atoms with Crippen molar-refractivity contribution in [3.63, 3.8) is 0 Å². The fraction of sp³-hybridized carbons (Fsp3) is 0.458. The molecule has 0 radical (unpaired) electrons. The summed E-state index contributed by atoms with van der Waals surface area (Å²) in [4.78, 5) is 27.0. The van der Waals surface area contributed by atoms with Crippen molar-refractivity contribution in [1.82, 2.24) is 14.7 Å². The molecule has 32 heavy (non-hydrogen) atoms. The van der Waals surface area contributed by atoms with Crippen LogP contribution in [0.5, 0.6) is 0 Å². The third-order valence-electron chi connectivity index (χ3n) is 5.98. The van der Waals surface area contributed by atoms with Crippen molar-refractivity contribution in [2.75, 3.05) is 19.7 Å². The number of Topliss-reactive ketones (excluding diaryl/α,β-unsaturated/α-hetero) is 1. The van der Waals surface area contributed by atoms with Crippen LogP contribution in [0.15, 0.2) is 48.2 Å². The molecule has 8 heteroatoms. The molecule has 2 atom stereocenters. The number of carbonyl (C=O) groups excluding carboxylic acids is 2. The Morgan fingerprint density at radius 3 is 2.78 bits per heavy atom. The van der Waals surface area contributed by atoms with Crippen LogP contribution in [0.2, 0.25) is 0 Å². The van der Waals surface area contributed by atoms with Crippen molar-refractivity contribution < 1.29 is 18.7 Å². The van der Waals surface area contributed by atoms with Crippen LogP contribution in [0, 0.1) is 11.7 Å². The van der Waals surface area contributed by atoms with Gasteiger partial charge in [-0.1, -0.05) is 24.3 Å². The molecular formula is C24H28FN3O3S. The van der Waals surface area contributed by atoms with E-state index in [0.29, 0.717) is 31.8 Å². The lowest BCUT2D eigenvalue weighted by atomic mass is 9.93. The first kappa shape index (κ1) is 22.7. The third kappa shape index (κ3) is 5.13. The first-order valence-corrected chi connectivity index (χ1v) is 11.6. The summed E-state index contributed by atoms with van der Waals surface area (Å²) in [6, 6.07) is 7.63. The number of ketones is 1. The van der Waals surface area contributed by atoms with Gasteiger partial charge in [-0.25, -0.2) is 9.18 Å². The number of hydrogen-bond donors (Lipinski definition) is 1. The number of nitrogens with zero attached hydrogens (tertiary/aromatic N) is 3. The molecule has 1 saturated carbocycles. The molecule has 0 amide bonds. The van der Waals surface area contributed by atoms with Crippen molar-refractivity contribution in [2.45, 2.75) is 44.0 Å². The van der Waals surface area contributed by atoms with Crippen molar-refractivity contribution in [1.29, 1.82) is 0 Å². The van der Waals surface area contributed by atoms with Crippen LogP contribution in [0.25, 0.3) is 0 Å². The normalized spacial score (nSPS) is 21.5. The molecule has 170 valence electrons. The standard InChI is InChI=1S/C24H28FN3O3S/c1-2-31-24(30)20-10-14-28(26-20)13-9-17-15-27(12-11-21(17)32)22(23(29)16-7-8-16)18-5-3-4-6-19(18)25/h3-6,9-10,14,16,21-22,32H,2,7-8,11-13,15H2,1H3/b17-9-. The minimum absolute atomic E-state index is 0.0335. The quantitative estimate of drug-likeness (QED) is 0.371. The number of hydrogen-bond acceptors (Lipinski definition) is 6. The highest BCUT2D eigenvalue weighted by molar-refractivity contribution is 7.81. The second kappa shape index (κ2) is 10.0. The van der Waals surface area contributed by atoms with E-state index in [1.54, 1.807) is 42.1 Å². The molecular weight excluding hydrogens is 429 g/mol. The summed E-state index contributed by atoms with van der Waals surface area (Å²) in [5.41, 5.74) is 1.79. The van der Waals surface area contributed by atoms with E-state index in [1.165, 1.54) is 6.07 Å². The fourth-order valence-electron chi connectivity index (χ4n) is 4.12. The predicted octanol–water partition coefficient (Wildman–Crippen LogP) is 3.85. The van der Waals surface area contributed by atoms with Crippen molar-refractivity contribution in [3.8, 4) is 0 Å². The number of benzene rings is 1. The van der Waals surface area contributed by atoms with Crippen LogP contribution in [0.3, 0.4) is 0 Å². The summed E-state index contributed by atoms with van der Waals surface area (Å²) >= 11 is 4.73. The van der Waals surface area contributed by atoms with Gasteiger partial charge in [-0.15, -0.1) is 0 Å². The molecule has 4 rings (SSSR count). The number of aromatic nitrogens is 2. The maximum atomic E-state index is 14.6. The minimum atomic E-state index is -0.576. The first-order chi connectivity index (χ1) is 15.5. The highest BCUT2D eigenvalue weighted by atomic mass is 32.1. The summed E-state index contributed by atoms with van der Waals surface area (Å²) in [7, 11) is 0. The minimum Gasteiger partial charge on any atom is -0.461 e. The van der Waals surface area contributed by atoms with Gasteiger partial charge in [-0.05, 0) is 43.9 Å². The van der Waals surface area contributed by atoms with Crippen LogP contribution >= 0.6 is 12.6 Å². The SMILES string of the molecule is CCOC(=O)c1ccn(C/C=C2/CN(C(C(=O)C3CC3)c3ccccc3F)CCC2S)n1. The maximum Gasteiger partial charge on any atom is 0.358 e. The lowest BCUT2D eigenvalue weighted by molar-refractivity contribution is -0.126. The van der Waals surface area contributed by atoms with Crippen LogP contribution < -0.4 is 0 Å². The number of halogens is 1. The van der Waals surface area contributed by atoms with Gasteiger partial charge in [0.15, 0.2) is 11.5 Å². The molecule has 1 saturated heterocycles. The van der Waals surface area contributed by atoms with Gasteiger partial charge in [0.1, 0.15) is 5.82 Å². The zero-order valence-corrected chi connectivity index (χ0v) is 19.0. The smallest absolute Gasteiger partial charge is 0.358 e. The second-order valence-electron chi connectivity index (χ2n) is 8.30. The molecule has 2 fully saturated rings. The molecule has 1 aliphatic heterocycles. The summed E-state index contributed by atoms with van der Waals surface area (Å²) < 4.78 is 21.3. The van der Waals surface area contributed by atoms with Gasteiger partial charge in [-0.2, -0.15) is 17.7 Å². The summed E-state index contributed by atoms with van der Waals surface area (Å²) in [5, 5.41) is 4.33. The molecule has 1 aromatic carbocycles. The molecule has 1 aromatic heterocycles. The highest BCUT2D eigenvalue weighted by Gasteiger charge is 2.40. The number of esters is 1. The Balaban J connectivity index is 1.52. The average molecular weight is 458 g/mol. The summed E-state index contributed by atoms with van der Waals surface area (Å²) in [6.45, 7) is 3.75. The van der Waals surface area contributed by atoms with E-state index in [9.17, 15) is 14.0 Å². The number of rotatable bonds is 8. The number of thiol groups is 1. The van der Waals surface area contributed by atoms with E-state index in [1.807, 2.05) is 6.08 Å². The lowest BCUT2D eigenvalue weighted by Crippen LogP contribution is -2.42. The summed E-state index contributed by atoms with van der Waals surface area (Å²) in [6.07, 6.45) is 6.31. The highest BCUT2D eigenvalue weighted by Crippen LogP contribution is 2.39. The number of carbonyl (C=O) groups is 2. The van der Waals surface area contributed by atoms with Gasteiger partial charge in [0.05, 0.1) is 19.2 Å². The molecule has 6 nitrogen and oxygen atoms in total. The number of likely N-dealkylation sites (tertiary alicyclic amines) is 1. The van der Waals surface area contributed by atoms with Gasteiger partial charge in [0, 0.05) is 36.0 Å². The Labute approximate surface area is 192 Å². The zero-order chi connectivity index (χ0) is 22.7. The van der Waals surface area contributed by atoms with E-state index in [-0.39, 0.29) is 28.5 Å². The van der Waals surface area contributed by atoms with Crippen molar-refractivity contribution in [3.05, 3.63) is 65.3 Å². The molecule has 0 spiro atoms. The zero-order valence-electron chi connectivity index (χ0n) is 18.1. The van der Waals surface area contributed by atoms with Gasteiger partial charge in [0.25, 0.3) is 0 Å². The summed E-state index contributed by atoms with van der Waals surface area (Å²) in [5.74, 6) is -0.640. The van der Waals surface area contributed by atoms with E-state index in [4.69, 9.17) is 17.4 Å². The van der Waals surface area contributed by atoms with Gasteiger partial charge < -0.3 is 4.74 Å². The Bertz CT molecular complexity index is 1020. The van der Waals surface area contributed by atoms with E-state index in [2.05, 4.69) is 10.00 Å². The Kier molecular flexibility index (Phi) is 7.10. The van der Waals surface area contributed by atoms with Crippen LogP contribution in [-0.4, -0.2) is 51.4 Å². The van der Waals surface area contributed by atoms with Crippen LogP contribution in [0.1, 0.15) is 48.3 Å². The maximum absolute atomic E-state index is 14.6. The Morgan fingerprint density at radius 2 is 2.06 bits per heavy atom. The molecule has 1 aliphatic carbocycles. The number of ether oxygens (including phenoxy) is 1. The largest absolute Gasteiger partial charge is 0.461 e. The molecule has 2 aromatic rings. The topological polar surface area (TPSA) is 64.4 Å². The first-order valence-electron chi connectivity index (χ1n) is 11.1. The molecule has 2 aliphatic rings. The van der Waals surface area contributed by atoms with E-state index in [0.717, 1.165) is 24.8 Å². The Morgan fingerprint density at radius 1 is 1.28 bits per heavy atom. The van der Waals surface area contributed by atoms with Crippen molar-refractivity contribution >= 4 is 24.4 Å². The molecule has 2 heterocycles. The molecule has 0 bridgehead atoms. The third-order valence-corrected chi connectivity index (χ3v) is 6.57. The second-order valence-corrected chi connectivity index (χ2v) is 8.92. The fourth-order valence-corrected chi connectivity index (χ4v) is 4.42. The lowest BCUT2D eigenvalue weighted by Gasteiger charge is -2.37. The van der Waals surface area contributed by atoms with Crippen molar-refractivity contribution in [2.24, 2.45) is 5.92 Å². The Hall–Kier alpha value is -2.45. The van der Waals surface area contributed by atoms with Gasteiger partial charge in [0.2, 0.25) is 0 Å². The number of piperidine rings is 1. The van der Waals surface area contributed by atoms with E-state index >= 15 is 0 Å². The average Bonchev–Trinajstić information content (AvgIpc) is 3.53. The van der Waals surface area contributed by atoms with Crippen LogP contribution in [-0.2, 0) is 16.1 Å². The van der Waals surface area contributed by atoms with E-state index < -0.39 is 12.0 Å². The predicted molar refractivity (Wildman–Crippen MR) is 122 cm³/mol. The van der Waals surface area contributed by atoms with Gasteiger partial charge in [-0.3, -0.25) is 14.4 Å². The monoisotopic (exact) mass is 457 g/mol.